The Hall–Kier alpha value is -1.42. The van der Waals surface area contributed by atoms with Crippen molar-refractivity contribution in [2.75, 3.05) is 0 Å². The number of hydrogen-bond acceptors (Lipinski definition) is 4. The summed E-state index contributed by atoms with van der Waals surface area (Å²) >= 11 is 0. The maximum atomic E-state index is 11.7. The third kappa shape index (κ3) is 3.81. The summed E-state index contributed by atoms with van der Waals surface area (Å²) in [5.74, 6) is 0. The topological polar surface area (TPSA) is 96.0 Å². The van der Waals surface area contributed by atoms with Gasteiger partial charge in [-0.3, -0.25) is 0 Å². The second kappa shape index (κ2) is 6.50. The van der Waals surface area contributed by atoms with Crippen molar-refractivity contribution in [1.82, 2.24) is 4.72 Å². The van der Waals surface area contributed by atoms with Crippen LogP contribution in [0.4, 0.5) is 0 Å². The van der Waals surface area contributed by atoms with E-state index in [1.54, 1.807) is 13.0 Å². The van der Waals surface area contributed by atoms with Crippen LogP contribution in [0.25, 0.3) is 0 Å². The highest BCUT2D eigenvalue weighted by atomic mass is 32.2. The van der Waals surface area contributed by atoms with Crippen molar-refractivity contribution in [3.05, 3.63) is 35.4 Å². The van der Waals surface area contributed by atoms with E-state index in [0.29, 0.717) is 6.54 Å². The van der Waals surface area contributed by atoms with Crippen LogP contribution in [-0.2, 0) is 23.1 Å². The highest BCUT2D eigenvalue weighted by Crippen LogP contribution is 2.07. The highest BCUT2D eigenvalue weighted by Gasteiger charge is 2.22. The Bertz CT molecular complexity index is 517. The number of nitrogens with zero attached hydrogens (tertiary/aromatic N) is 1. The first-order chi connectivity index (χ1) is 8.53. The van der Waals surface area contributed by atoms with Gasteiger partial charge in [0.1, 0.15) is 0 Å². The first-order valence-corrected chi connectivity index (χ1v) is 7.24. The van der Waals surface area contributed by atoms with E-state index in [1.165, 1.54) is 0 Å². The molecule has 0 saturated heterocycles. The first-order valence-electron chi connectivity index (χ1n) is 5.69. The minimum Gasteiger partial charge on any atom is -0.326 e. The van der Waals surface area contributed by atoms with Crippen molar-refractivity contribution < 1.29 is 8.42 Å². The summed E-state index contributed by atoms with van der Waals surface area (Å²) in [6.45, 7) is 2.31. The Kier molecular flexibility index (Phi) is 5.28. The smallest absolute Gasteiger partial charge is 0.228 e. The Morgan fingerprint density at radius 1 is 1.33 bits per heavy atom. The van der Waals surface area contributed by atoms with Crippen LogP contribution in [0, 0.1) is 11.3 Å². The molecule has 1 aromatic rings. The van der Waals surface area contributed by atoms with Crippen LogP contribution in [0.15, 0.2) is 24.3 Å². The number of benzene rings is 1. The van der Waals surface area contributed by atoms with Gasteiger partial charge in [-0.2, -0.15) is 5.26 Å². The van der Waals surface area contributed by atoms with E-state index in [4.69, 9.17) is 11.0 Å². The minimum atomic E-state index is -3.57. The molecular formula is C12H17N3O2S. The molecule has 0 aliphatic rings. The van der Waals surface area contributed by atoms with Gasteiger partial charge in [0.15, 0.2) is 5.25 Å². The molecule has 0 bridgehead atoms. The van der Waals surface area contributed by atoms with Gasteiger partial charge in [0, 0.05) is 13.1 Å². The molecule has 0 heterocycles. The van der Waals surface area contributed by atoms with Crippen LogP contribution in [-0.4, -0.2) is 13.7 Å². The lowest BCUT2D eigenvalue weighted by atomic mass is 10.1. The van der Waals surface area contributed by atoms with Gasteiger partial charge in [0.05, 0.1) is 6.07 Å². The fourth-order valence-electron chi connectivity index (χ4n) is 1.46. The molecule has 1 rings (SSSR count). The second-order valence-corrected chi connectivity index (χ2v) is 5.86. The summed E-state index contributed by atoms with van der Waals surface area (Å²) in [4.78, 5) is 0. The number of sulfonamides is 1. The summed E-state index contributed by atoms with van der Waals surface area (Å²) in [5, 5.41) is 7.74. The minimum absolute atomic E-state index is 0.186. The molecule has 98 valence electrons. The van der Waals surface area contributed by atoms with E-state index >= 15 is 0 Å². The SMILES string of the molecule is CCC(C#N)S(=O)(=O)NCc1ccc(CN)cc1. The van der Waals surface area contributed by atoms with E-state index in [-0.39, 0.29) is 13.0 Å². The van der Waals surface area contributed by atoms with Gasteiger partial charge < -0.3 is 5.73 Å². The Morgan fingerprint density at radius 3 is 2.33 bits per heavy atom. The zero-order valence-corrected chi connectivity index (χ0v) is 11.1. The molecule has 1 atom stereocenters. The molecule has 1 aromatic carbocycles. The monoisotopic (exact) mass is 267 g/mol. The summed E-state index contributed by atoms with van der Waals surface area (Å²) in [6.07, 6.45) is 0.276. The predicted molar refractivity (Wildman–Crippen MR) is 69.8 cm³/mol. The molecule has 3 N–H and O–H groups in total. The lowest BCUT2D eigenvalue weighted by Crippen LogP contribution is -2.32. The van der Waals surface area contributed by atoms with E-state index in [1.807, 2.05) is 24.3 Å². The normalized spacial score (nSPS) is 12.9. The quantitative estimate of drug-likeness (QED) is 0.799. The van der Waals surface area contributed by atoms with E-state index in [2.05, 4.69) is 4.72 Å². The fourth-order valence-corrected chi connectivity index (χ4v) is 2.60. The molecule has 0 saturated carbocycles. The van der Waals surface area contributed by atoms with Crippen molar-refractivity contribution in [3.8, 4) is 6.07 Å². The van der Waals surface area contributed by atoms with Gasteiger partial charge >= 0.3 is 0 Å². The van der Waals surface area contributed by atoms with Gasteiger partial charge in [-0.1, -0.05) is 31.2 Å². The van der Waals surface area contributed by atoms with Crippen LogP contribution in [0.1, 0.15) is 24.5 Å². The summed E-state index contributed by atoms with van der Waals surface area (Å²) in [5.41, 5.74) is 7.30. The zero-order valence-electron chi connectivity index (χ0n) is 10.3. The summed E-state index contributed by atoms with van der Waals surface area (Å²) in [6, 6.07) is 9.12. The lowest BCUT2D eigenvalue weighted by molar-refractivity contribution is 0.572. The molecule has 0 spiro atoms. The average molecular weight is 267 g/mol. The third-order valence-electron chi connectivity index (χ3n) is 2.63. The van der Waals surface area contributed by atoms with Crippen molar-refractivity contribution in [2.45, 2.75) is 31.7 Å². The maximum absolute atomic E-state index is 11.7. The Balaban J connectivity index is 2.67. The van der Waals surface area contributed by atoms with Gasteiger partial charge in [0.25, 0.3) is 0 Å². The molecule has 0 radical (unpaired) electrons. The molecule has 1 unspecified atom stereocenters. The molecular weight excluding hydrogens is 250 g/mol. The van der Waals surface area contributed by atoms with E-state index < -0.39 is 15.3 Å². The van der Waals surface area contributed by atoms with Crippen molar-refractivity contribution in [1.29, 1.82) is 5.26 Å². The molecule has 0 aliphatic carbocycles. The maximum Gasteiger partial charge on any atom is 0.228 e. The fraction of sp³-hybridized carbons (Fsp3) is 0.417. The van der Waals surface area contributed by atoms with Gasteiger partial charge in [-0.25, -0.2) is 13.1 Å². The van der Waals surface area contributed by atoms with Crippen LogP contribution < -0.4 is 10.5 Å². The van der Waals surface area contributed by atoms with Crippen LogP contribution in [0.2, 0.25) is 0 Å². The Labute approximate surface area is 108 Å². The van der Waals surface area contributed by atoms with Crippen LogP contribution in [0.5, 0.6) is 0 Å². The molecule has 5 nitrogen and oxygen atoms in total. The van der Waals surface area contributed by atoms with Gasteiger partial charge in [-0.05, 0) is 17.5 Å². The average Bonchev–Trinajstić information content (AvgIpc) is 2.38. The number of rotatable bonds is 6. The number of hydrogen-bond donors (Lipinski definition) is 2. The van der Waals surface area contributed by atoms with Gasteiger partial charge in [-0.15, -0.1) is 0 Å². The standard InChI is InChI=1S/C12H17N3O2S/c1-2-12(8-14)18(16,17)15-9-11-5-3-10(7-13)4-6-11/h3-6,12,15H,2,7,9,13H2,1H3. The third-order valence-corrected chi connectivity index (χ3v) is 4.36. The predicted octanol–water partition coefficient (Wildman–Crippen LogP) is 0.867. The zero-order chi connectivity index (χ0) is 13.6. The highest BCUT2D eigenvalue weighted by molar-refractivity contribution is 7.90. The number of nitrogens with two attached hydrogens (primary N) is 1. The largest absolute Gasteiger partial charge is 0.326 e. The van der Waals surface area contributed by atoms with E-state index in [9.17, 15) is 8.42 Å². The molecule has 6 heteroatoms. The molecule has 0 aromatic heterocycles. The lowest BCUT2D eigenvalue weighted by Gasteiger charge is -2.10. The Morgan fingerprint density at radius 2 is 1.89 bits per heavy atom. The molecule has 18 heavy (non-hydrogen) atoms. The molecule has 0 aliphatic heterocycles. The van der Waals surface area contributed by atoms with Crippen molar-refractivity contribution in [3.63, 3.8) is 0 Å². The molecule has 0 amide bonds. The number of nitriles is 1. The van der Waals surface area contributed by atoms with Crippen LogP contribution in [0.3, 0.4) is 0 Å². The van der Waals surface area contributed by atoms with Crippen molar-refractivity contribution in [2.24, 2.45) is 5.73 Å². The summed E-state index contributed by atoms with van der Waals surface area (Å²) in [7, 11) is -3.57. The number of nitrogens with one attached hydrogen (secondary N) is 1. The molecule has 0 fully saturated rings. The van der Waals surface area contributed by atoms with E-state index in [0.717, 1.165) is 11.1 Å². The first kappa shape index (κ1) is 14.6. The van der Waals surface area contributed by atoms with Crippen molar-refractivity contribution >= 4 is 10.0 Å². The second-order valence-electron chi connectivity index (χ2n) is 3.91. The van der Waals surface area contributed by atoms with Gasteiger partial charge in [0.2, 0.25) is 10.0 Å². The van der Waals surface area contributed by atoms with Crippen LogP contribution >= 0.6 is 0 Å². The summed E-state index contributed by atoms with van der Waals surface area (Å²) < 4.78 is 25.9.